The van der Waals surface area contributed by atoms with Crippen LogP contribution in [0.3, 0.4) is 0 Å². The molecule has 1 aliphatic heterocycles. The van der Waals surface area contributed by atoms with Gasteiger partial charge in [0.25, 0.3) is 0 Å². The molecular weight excluding hydrogens is 140 g/mol. The smallest absolute Gasteiger partial charge is 0.0796 e. The van der Waals surface area contributed by atoms with Crippen molar-refractivity contribution >= 4 is 0 Å². The van der Waals surface area contributed by atoms with Gasteiger partial charge >= 0.3 is 0 Å². The second-order valence-electron chi connectivity index (χ2n) is 2.91. The van der Waals surface area contributed by atoms with E-state index < -0.39 is 0 Å². The molecule has 0 saturated carbocycles. The van der Waals surface area contributed by atoms with Crippen molar-refractivity contribution in [1.82, 2.24) is 20.3 Å². The first-order valence-electron chi connectivity index (χ1n) is 3.88. The Morgan fingerprint density at radius 1 is 1.64 bits per heavy atom. The fraction of sp³-hybridized carbons (Fsp3) is 0.714. The highest BCUT2D eigenvalue weighted by Crippen LogP contribution is 2.13. The van der Waals surface area contributed by atoms with Gasteiger partial charge in [-0.15, -0.1) is 5.10 Å². The van der Waals surface area contributed by atoms with Gasteiger partial charge in [0.15, 0.2) is 0 Å². The summed E-state index contributed by atoms with van der Waals surface area (Å²) >= 11 is 0. The van der Waals surface area contributed by atoms with Crippen LogP contribution in [0.1, 0.15) is 18.2 Å². The summed E-state index contributed by atoms with van der Waals surface area (Å²) in [5, 5.41) is 12.2. The number of hydrogen-bond donors (Lipinski definition) is 0. The van der Waals surface area contributed by atoms with E-state index in [4.69, 9.17) is 0 Å². The third-order valence-corrected chi connectivity index (χ3v) is 1.96. The minimum absolute atomic E-state index is 0.469. The fourth-order valence-electron chi connectivity index (χ4n) is 1.33. The second-order valence-corrected chi connectivity index (χ2v) is 2.91. The highest BCUT2D eigenvalue weighted by Gasteiger charge is 2.17. The van der Waals surface area contributed by atoms with E-state index in [0.29, 0.717) is 6.04 Å². The average molecular weight is 151 g/mol. The number of aromatic nitrogens is 3. The summed E-state index contributed by atoms with van der Waals surface area (Å²) < 4.78 is 1.92. The monoisotopic (exact) mass is 151 g/mol. The van der Waals surface area contributed by atoms with Crippen molar-refractivity contribution in [2.75, 3.05) is 13.1 Å². The molecule has 1 aliphatic rings. The van der Waals surface area contributed by atoms with Crippen LogP contribution in [-0.2, 0) is 0 Å². The number of nitrogens with zero attached hydrogens (tertiary/aromatic N) is 4. The van der Waals surface area contributed by atoms with Crippen molar-refractivity contribution in [3.8, 4) is 0 Å². The van der Waals surface area contributed by atoms with Crippen molar-refractivity contribution in [2.45, 2.75) is 19.4 Å². The van der Waals surface area contributed by atoms with E-state index in [0.717, 1.165) is 25.2 Å². The SMILES string of the molecule is Cc1cn(C2CC[N]C2)nn1. The topological polar surface area (TPSA) is 44.8 Å². The lowest BCUT2D eigenvalue weighted by Gasteiger charge is -2.05. The zero-order valence-corrected chi connectivity index (χ0v) is 6.56. The predicted molar refractivity (Wildman–Crippen MR) is 40.3 cm³/mol. The molecule has 4 nitrogen and oxygen atoms in total. The summed E-state index contributed by atoms with van der Waals surface area (Å²) in [6, 6.07) is 0.469. The molecule has 1 aromatic heterocycles. The Kier molecular flexibility index (Phi) is 1.62. The summed E-state index contributed by atoms with van der Waals surface area (Å²) in [6.45, 7) is 3.84. The van der Waals surface area contributed by atoms with E-state index in [1.54, 1.807) is 0 Å². The molecule has 0 bridgehead atoms. The third kappa shape index (κ3) is 1.26. The van der Waals surface area contributed by atoms with Gasteiger partial charge in [0, 0.05) is 19.3 Å². The van der Waals surface area contributed by atoms with Crippen molar-refractivity contribution in [2.24, 2.45) is 0 Å². The molecule has 1 aromatic rings. The molecule has 0 amide bonds. The summed E-state index contributed by atoms with van der Waals surface area (Å²) in [5.74, 6) is 0. The fourth-order valence-corrected chi connectivity index (χ4v) is 1.33. The lowest BCUT2D eigenvalue weighted by molar-refractivity contribution is 0.475. The number of rotatable bonds is 1. The molecule has 4 heteroatoms. The van der Waals surface area contributed by atoms with E-state index in [-0.39, 0.29) is 0 Å². The summed E-state index contributed by atoms with van der Waals surface area (Å²) in [5.41, 5.74) is 0.983. The molecule has 2 heterocycles. The predicted octanol–water partition coefficient (Wildman–Crippen LogP) is 0.136. The highest BCUT2D eigenvalue weighted by atomic mass is 15.4. The Hall–Kier alpha value is -0.900. The zero-order chi connectivity index (χ0) is 7.68. The average Bonchev–Trinajstić information content (AvgIpc) is 2.55. The standard InChI is InChI=1S/C7H11N4/c1-6-5-11(10-9-6)7-2-3-8-4-7/h5,7H,2-4H2,1H3. The summed E-state index contributed by atoms with van der Waals surface area (Å²) in [4.78, 5) is 0. The zero-order valence-electron chi connectivity index (χ0n) is 6.56. The van der Waals surface area contributed by atoms with Gasteiger partial charge in [-0.05, 0) is 13.3 Å². The molecule has 0 aliphatic carbocycles. The van der Waals surface area contributed by atoms with Gasteiger partial charge in [-0.3, -0.25) is 0 Å². The van der Waals surface area contributed by atoms with Crippen LogP contribution in [-0.4, -0.2) is 28.1 Å². The molecule has 11 heavy (non-hydrogen) atoms. The highest BCUT2D eigenvalue weighted by molar-refractivity contribution is 4.90. The van der Waals surface area contributed by atoms with Gasteiger partial charge in [0.1, 0.15) is 0 Å². The van der Waals surface area contributed by atoms with E-state index in [2.05, 4.69) is 15.6 Å². The molecule has 1 atom stereocenters. The molecule has 0 spiro atoms. The van der Waals surface area contributed by atoms with Crippen molar-refractivity contribution in [3.63, 3.8) is 0 Å². The molecule has 59 valence electrons. The van der Waals surface area contributed by atoms with E-state index in [1.807, 2.05) is 17.8 Å². The van der Waals surface area contributed by atoms with Crippen molar-refractivity contribution in [1.29, 1.82) is 0 Å². The van der Waals surface area contributed by atoms with Gasteiger partial charge in [-0.25, -0.2) is 10.00 Å². The Morgan fingerprint density at radius 2 is 2.55 bits per heavy atom. The molecule has 0 N–H and O–H groups in total. The first-order valence-corrected chi connectivity index (χ1v) is 3.88. The first kappa shape index (κ1) is 6.79. The molecule has 1 saturated heterocycles. The van der Waals surface area contributed by atoms with Crippen LogP contribution in [0, 0.1) is 6.92 Å². The lowest BCUT2D eigenvalue weighted by atomic mass is 10.3. The van der Waals surface area contributed by atoms with Gasteiger partial charge in [0.05, 0.1) is 11.7 Å². The van der Waals surface area contributed by atoms with E-state index in [1.165, 1.54) is 0 Å². The Labute approximate surface area is 65.6 Å². The molecular formula is C7H11N4. The van der Waals surface area contributed by atoms with Gasteiger partial charge in [-0.1, -0.05) is 5.21 Å². The van der Waals surface area contributed by atoms with Crippen LogP contribution in [0.2, 0.25) is 0 Å². The van der Waals surface area contributed by atoms with Gasteiger partial charge < -0.3 is 0 Å². The maximum atomic E-state index is 4.26. The normalized spacial score (nSPS) is 24.3. The second kappa shape index (κ2) is 2.62. The quantitative estimate of drug-likeness (QED) is 0.573. The third-order valence-electron chi connectivity index (χ3n) is 1.96. The van der Waals surface area contributed by atoms with Crippen molar-refractivity contribution < 1.29 is 0 Å². The maximum absolute atomic E-state index is 4.26. The Balaban J connectivity index is 2.15. The maximum Gasteiger partial charge on any atom is 0.0796 e. The Bertz CT molecular complexity index is 236. The van der Waals surface area contributed by atoms with Crippen LogP contribution < -0.4 is 5.32 Å². The van der Waals surface area contributed by atoms with Gasteiger partial charge in [0.2, 0.25) is 0 Å². The van der Waals surface area contributed by atoms with E-state index >= 15 is 0 Å². The van der Waals surface area contributed by atoms with Crippen LogP contribution in [0.5, 0.6) is 0 Å². The van der Waals surface area contributed by atoms with E-state index in [9.17, 15) is 0 Å². The Morgan fingerprint density at radius 3 is 3.09 bits per heavy atom. The van der Waals surface area contributed by atoms with Crippen LogP contribution in [0.4, 0.5) is 0 Å². The van der Waals surface area contributed by atoms with Crippen molar-refractivity contribution in [3.05, 3.63) is 11.9 Å². The van der Waals surface area contributed by atoms with Crippen LogP contribution in [0.15, 0.2) is 6.20 Å². The lowest BCUT2D eigenvalue weighted by Crippen LogP contribution is -2.10. The molecule has 2 rings (SSSR count). The van der Waals surface area contributed by atoms with Gasteiger partial charge in [-0.2, -0.15) is 0 Å². The summed E-state index contributed by atoms with van der Waals surface area (Å²) in [7, 11) is 0. The first-order chi connectivity index (χ1) is 5.36. The van der Waals surface area contributed by atoms with Crippen LogP contribution >= 0.6 is 0 Å². The summed E-state index contributed by atoms with van der Waals surface area (Å²) in [6.07, 6.45) is 3.09. The number of aryl methyl sites for hydroxylation is 1. The number of hydrogen-bond acceptors (Lipinski definition) is 2. The minimum atomic E-state index is 0.469. The minimum Gasteiger partial charge on any atom is -0.248 e. The largest absolute Gasteiger partial charge is 0.248 e. The molecule has 0 aromatic carbocycles. The molecule has 1 fully saturated rings. The molecule has 1 radical (unpaired) electrons. The van der Waals surface area contributed by atoms with Crippen LogP contribution in [0.25, 0.3) is 0 Å². The molecule has 1 unspecified atom stereocenters.